The van der Waals surface area contributed by atoms with Crippen molar-refractivity contribution in [1.82, 2.24) is 4.90 Å². The highest BCUT2D eigenvalue weighted by Crippen LogP contribution is 2.21. The van der Waals surface area contributed by atoms with Crippen LogP contribution in [-0.4, -0.2) is 31.0 Å². The van der Waals surface area contributed by atoms with Crippen LogP contribution in [0, 0.1) is 6.92 Å². The second-order valence-corrected chi connectivity index (χ2v) is 4.51. The molecule has 1 atom stereocenters. The Balaban J connectivity index is 2.66. The van der Waals surface area contributed by atoms with E-state index in [0.29, 0.717) is 6.54 Å². The number of rotatable bonds is 5. The summed E-state index contributed by atoms with van der Waals surface area (Å²) in [5.74, 6) is 0.713. The van der Waals surface area contributed by atoms with Crippen LogP contribution >= 0.6 is 0 Å². The largest absolute Gasteiger partial charge is 0.484 e. The molecule has 0 radical (unpaired) electrons. The maximum absolute atomic E-state index is 11.6. The van der Waals surface area contributed by atoms with Crippen molar-refractivity contribution >= 4 is 5.91 Å². The first kappa shape index (κ1) is 14.5. The highest BCUT2D eigenvalue weighted by Gasteiger charge is 2.09. The monoisotopic (exact) mass is 250 g/mol. The van der Waals surface area contributed by atoms with Gasteiger partial charge in [0.1, 0.15) is 5.75 Å². The number of aryl methyl sites for hydroxylation is 1. The average Bonchev–Trinajstić information content (AvgIpc) is 2.35. The molecule has 0 saturated carbocycles. The maximum atomic E-state index is 11.6. The van der Waals surface area contributed by atoms with Gasteiger partial charge in [0.05, 0.1) is 0 Å². The number of nitrogens with zero attached hydrogens (tertiary/aromatic N) is 1. The zero-order valence-electron chi connectivity index (χ0n) is 11.6. The van der Waals surface area contributed by atoms with Crippen LogP contribution in [0.3, 0.4) is 0 Å². The fourth-order valence-corrected chi connectivity index (χ4v) is 1.54. The molecule has 4 heteroatoms. The molecule has 100 valence electrons. The van der Waals surface area contributed by atoms with Gasteiger partial charge in [0.2, 0.25) is 0 Å². The standard InChI is InChI=1S/C14H22N2O2/c1-5-16(4)14(17)9-18-13-7-6-12(11(3)15)8-10(13)2/h6-8,11H,5,9,15H2,1-4H3/t11-/m1/s1. The Morgan fingerprint density at radius 1 is 1.50 bits per heavy atom. The van der Waals surface area contributed by atoms with E-state index < -0.39 is 0 Å². The van der Waals surface area contributed by atoms with Crippen LogP contribution in [0.2, 0.25) is 0 Å². The summed E-state index contributed by atoms with van der Waals surface area (Å²) in [4.78, 5) is 13.2. The van der Waals surface area contributed by atoms with Crippen LogP contribution in [0.4, 0.5) is 0 Å². The Hall–Kier alpha value is -1.55. The van der Waals surface area contributed by atoms with E-state index >= 15 is 0 Å². The molecule has 0 bridgehead atoms. The lowest BCUT2D eigenvalue weighted by Gasteiger charge is -2.16. The summed E-state index contributed by atoms with van der Waals surface area (Å²) >= 11 is 0. The van der Waals surface area contributed by atoms with Gasteiger partial charge in [-0.3, -0.25) is 4.79 Å². The summed E-state index contributed by atoms with van der Waals surface area (Å²) in [6.07, 6.45) is 0. The summed E-state index contributed by atoms with van der Waals surface area (Å²) in [6.45, 7) is 6.58. The fraction of sp³-hybridized carbons (Fsp3) is 0.500. The SMILES string of the molecule is CCN(C)C(=O)COc1ccc([C@@H](C)N)cc1C. The quantitative estimate of drug-likeness (QED) is 0.868. The number of ether oxygens (including phenoxy) is 1. The minimum absolute atomic E-state index is 0.00519. The second-order valence-electron chi connectivity index (χ2n) is 4.51. The van der Waals surface area contributed by atoms with E-state index in [4.69, 9.17) is 10.5 Å². The summed E-state index contributed by atoms with van der Waals surface area (Å²) in [5, 5.41) is 0. The lowest BCUT2D eigenvalue weighted by Crippen LogP contribution is -2.31. The van der Waals surface area contributed by atoms with Crippen molar-refractivity contribution in [3.8, 4) is 5.75 Å². The molecule has 4 nitrogen and oxygen atoms in total. The molecule has 1 amide bonds. The van der Waals surface area contributed by atoms with Gasteiger partial charge in [-0.2, -0.15) is 0 Å². The Morgan fingerprint density at radius 3 is 2.67 bits per heavy atom. The number of benzene rings is 1. The lowest BCUT2D eigenvalue weighted by atomic mass is 10.1. The third-order valence-corrected chi connectivity index (χ3v) is 2.98. The van der Waals surface area contributed by atoms with E-state index in [2.05, 4.69) is 0 Å². The minimum Gasteiger partial charge on any atom is -0.484 e. The molecule has 1 aromatic rings. The number of likely N-dealkylation sites (N-methyl/N-ethyl adjacent to an activating group) is 1. The topological polar surface area (TPSA) is 55.6 Å². The first-order valence-corrected chi connectivity index (χ1v) is 6.18. The molecule has 0 aliphatic carbocycles. The molecule has 0 aliphatic heterocycles. The third-order valence-electron chi connectivity index (χ3n) is 2.98. The van der Waals surface area contributed by atoms with Gasteiger partial charge in [-0.05, 0) is 38.0 Å². The van der Waals surface area contributed by atoms with E-state index in [9.17, 15) is 4.79 Å². The molecule has 1 aromatic carbocycles. The number of amides is 1. The number of nitrogens with two attached hydrogens (primary N) is 1. The van der Waals surface area contributed by atoms with Crippen LogP contribution in [0.25, 0.3) is 0 Å². The first-order chi connectivity index (χ1) is 8.45. The molecule has 0 saturated heterocycles. The van der Waals surface area contributed by atoms with Gasteiger partial charge >= 0.3 is 0 Å². The first-order valence-electron chi connectivity index (χ1n) is 6.18. The molecule has 0 spiro atoms. The Labute approximate surface area is 109 Å². The van der Waals surface area contributed by atoms with Crippen LogP contribution in [0.1, 0.15) is 31.0 Å². The van der Waals surface area contributed by atoms with Crippen molar-refractivity contribution in [2.75, 3.05) is 20.2 Å². The van der Waals surface area contributed by atoms with E-state index in [-0.39, 0.29) is 18.6 Å². The molecule has 0 heterocycles. The second kappa shape index (κ2) is 6.40. The van der Waals surface area contributed by atoms with Crippen LogP contribution in [0.5, 0.6) is 5.75 Å². The third kappa shape index (κ3) is 3.74. The van der Waals surface area contributed by atoms with Crippen molar-refractivity contribution in [2.45, 2.75) is 26.8 Å². The molecule has 0 aliphatic rings. The summed E-state index contributed by atoms with van der Waals surface area (Å²) < 4.78 is 5.52. The van der Waals surface area contributed by atoms with Crippen LogP contribution in [-0.2, 0) is 4.79 Å². The van der Waals surface area contributed by atoms with Gasteiger partial charge in [-0.15, -0.1) is 0 Å². The van der Waals surface area contributed by atoms with Gasteiger partial charge in [-0.25, -0.2) is 0 Å². The van der Waals surface area contributed by atoms with Crippen molar-refractivity contribution in [2.24, 2.45) is 5.73 Å². The number of carbonyl (C=O) groups excluding carboxylic acids is 1. The molecule has 18 heavy (non-hydrogen) atoms. The molecule has 0 fully saturated rings. The van der Waals surface area contributed by atoms with Crippen molar-refractivity contribution in [3.05, 3.63) is 29.3 Å². The molecular formula is C14H22N2O2. The summed E-state index contributed by atoms with van der Waals surface area (Å²) in [7, 11) is 1.76. The predicted molar refractivity (Wildman–Crippen MR) is 72.6 cm³/mol. The van der Waals surface area contributed by atoms with Gasteiger partial charge in [0, 0.05) is 19.6 Å². The van der Waals surface area contributed by atoms with E-state index in [0.717, 1.165) is 16.9 Å². The Kier molecular flexibility index (Phi) is 5.16. The number of hydrogen-bond donors (Lipinski definition) is 1. The number of carbonyl (C=O) groups is 1. The van der Waals surface area contributed by atoms with E-state index in [1.807, 2.05) is 39.0 Å². The van der Waals surface area contributed by atoms with E-state index in [1.54, 1.807) is 11.9 Å². The Bertz CT molecular complexity index is 416. The zero-order valence-corrected chi connectivity index (χ0v) is 11.6. The van der Waals surface area contributed by atoms with Crippen LogP contribution < -0.4 is 10.5 Å². The van der Waals surface area contributed by atoms with Gasteiger partial charge in [0.15, 0.2) is 6.61 Å². The van der Waals surface area contributed by atoms with Crippen molar-refractivity contribution < 1.29 is 9.53 Å². The highest BCUT2D eigenvalue weighted by atomic mass is 16.5. The normalized spacial score (nSPS) is 12.1. The van der Waals surface area contributed by atoms with Crippen molar-refractivity contribution in [1.29, 1.82) is 0 Å². The smallest absolute Gasteiger partial charge is 0.260 e. The van der Waals surface area contributed by atoms with Crippen LogP contribution in [0.15, 0.2) is 18.2 Å². The minimum atomic E-state index is -0.0202. The Morgan fingerprint density at radius 2 is 2.17 bits per heavy atom. The maximum Gasteiger partial charge on any atom is 0.260 e. The zero-order chi connectivity index (χ0) is 13.7. The molecule has 0 unspecified atom stereocenters. The van der Waals surface area contributed by atoms with Crippen molar-refractivity contribution in [3.63, 3.8) is 0 Å². The molecular weight excluding hydrogens is 228 g/mol. The summed E-state index contributed by atoms with van der Waals surface area (Å²) in [6, 6.07) is 5.80. The number of hydrogen-bond acceptors (Lipinski definition) is 3. The fourth-order valence-electron chi connectivity index (χ4n) is 1.54. The average molecular weight is 250 g/mol. The molecule has 1 rings (SSSR count). The predicted octanol–water partition coefficient (Wildman–Crippen LogP) is 1.87. The van der Waals surface area contributed by atoms with E-state index in [1.165, 1.54) is 0 Å². The van der Waals surface area contributed by atoms with Gasteiger partial charge < -0.3 is 15.4 Å². The highest BCUT2D eigenvalue weighted by molar-refractivity contribution is 5.77. The lowest BCUT2D eigenvalue weighted by molar-refractivity contribution is -0.131. The molecule has 2 N–H and O–H groups in total. The molecule has 0 aromatic heterocycles. The van der Waals surface area contributed by atoms with Gasteiger partial charge in [0.25, 0.3) is 5.91 Å². The summed E-state index contributed by atoms with van der Waals surface area (Å²) in [5.41, 5.74) is 7.87. The van der Waals surface area contributed by atoms with Gasteiger partial charge in [-0.1, -0.05) is 12.1 Å².